The van der Waals surface area contributed by atoms with Gasteiger partial charge < -0.3 is 14.8 Å². The topological polar surface area (TPSA) is 77.5 Å². The molecular weight excluding hydrogens is 392 g/mol. The molecule has 0 aliphatic carbocycles. The zero-order chi connectivity index (χ0) is 22.3. The van der Waals surface area contributed by atoms with Gasteiger partial charge in [0.1, 0.15) is 12.4 Å². The highest BCUT2D eigenvalue weighted by atomic mass is 16.5. The summed E-state index contributed by atoms with van der Waals surface area (Å²) in [6.07, 6.45) is 3.46. The van der Waals surface area contributed by atoms with Crippen LogP contribution in [0.25, 0.3) is 10.9 Å². The summed E-state index contributed by atoms with van der Waals surface area (Å²) in [7, 11) is 1.60. The van der Waals surface area contributed by atoms with Crippen molar-refractivity contribution in [1.29, 1.82) is 0 Å². The number of aryl methyl sites for hydroxylation is 1. The fourth-order valence-corrected chi connectivity index (χ4v) is 3.64. The third-order valence-electron chi connectivity index (χ3n) is 5.64. The standard InChI is InChI=1S/C25H28N2O4/c1-4-25(17-31-18(2)28,15-14-19-9-6-5-7-10-19)24(29)27-21-12-13-22(30-3)20-11-8-16-26-23(20)21/h5-13,16H,4,14-15,17H2,1-3H3,(H,27,29). The third kappa shape index (κ3) is 5.20. The maximum atomic E-state index is 13.5. The number of fused-ring (bicyclic) bond motifs is 1. The van der Waals surface area contributed by atoms with Crippen LogP contribution in [0.2, 0.25) is 0 Å². The maximum Gasteiger partial charge on any atom is 0.302 e. The lowest BCUT2D eigenvalue weighted by atomic mass is 9.79. The molecule has 31 heavy (non-hydrogen) atoms. The Labute approximate surface area is 182 Å². The van der Waals surface area contributed by atoms with Crippen molar-refractivity contribution in [2.75, 3.05) is 19.0 Å². The number of esters is 1. The number of methoxy groups -OCH3 is 1. The van der Waals surface area contributed by atoms with Crippen LogP contribution in [0.4, 0.5) is 5.69 Å². The Hall–Kier alpha value is -3.41. The van der Waals surface area contributed by atoms with E-state index in [9.17, 15) is 9.59 Å². The molecule has 0 bridgehead atoms. The van der Waals surface area contributed by atoms with E-state index >= 15 is 0 Å². The number of hydrogen-bond acceptors (Lipinski definition) is 5. The average molecular weight is 421 g/mol. The van der Waals surface area contributed by atoms with Gasteiger partial charge >= 0.3 is 5.97 Å². The lowest BCUT2D eigenvalue weighted by molar-refractivity contribution is -0.147. The number of pyridine rings is 1. The molecule has 1 atom stereocenters. The summed E-state index contributed by atoms with van der Waals surface area (Å²) < 4.78 is 10.8. The van der Waals surface area contributed by atoms with Crippen molar-refractivity contribution in [1.82, 2.24) is 4.98 Å². The number of benzene rings is 2. The molecule has 162 valence electrons. The van der Waals surface area contributed by atoms with E-state index in [0.717, 1.165) is 10.9 Å². The first-order chi connectivity index (χ1) is 15.0. The Balaban J connectivity index is 1.90. The number of hydrogen-bond donors (Lipinski definition) is 1. The molecule has 1 heterocycles. The van der Waals surface area contributed by atoms with E-state index in [0.29, 0.717) is 36.2 Å². The first kappa shape index (κ1) is 22.3. The van der Waals surface area contributed by atoms with Crippen molar-refractivity contribution in [3.63, 3.8) is 0 Å². The maximum absolute atomic E-state index is 13.5. The van der Waals surface area contributed by atoms with Gasteiger partial charge in [0.15, 0.2) is 0 Å². The number of ether oxygens (including phenoxy) is 2. The van der Waals surface area contributed by atoms with Gasteiger partial charge in [0.25, 0.3) is 0 Å². The molecule has 0 radical (unpaired) electrons. The number of anilines is 1. The van der Waals surface area contributed by atoms with Gasteiger partial charge in [0.05, 0.1) is 23.7 Å². The summed E-state index contributed by atoms with van der Waals surface area (Å²) in [5.74, 6) is 0.0954. The van der Waals surface area contributed by atoms with Crippen LogP contribution < -0.4 is 10.1 Å². The molecule has 0 aliphatic rings. The van der Waals surface area contributed by atoms with E-state index in [1.165, 1.54) is 6.92 Å². The first-order valence-electron chi connectivity index (χ1n) is 10.4. The molecule has 0 saturated heterocycles. The molecule has 0 saturated carbocycles. The van der Waals surface area contributed by atoms with Crippen LogP contribution in [0.1, 0.15) is 32.3 Å². The summed E-state index contributed by atoms with van der Waals surface area (Å²) in [6, 6.07) is 17.3. The Kier molecular flexibility index (Phi) is 7.23. The van der Waals surface area contributed by atoms with Crippen LogP contribution in [0.15, 0.2) is 60.8 Å². The normalized spacial score (nSPS) is 12.7. The number of nitrogens with one attached hydrogen (secondary N) is 1. The van der Waals surface area contributed by atoms with Crippen molar-refractivity contribution in [3.8, 4) is 5.75 Å². The van der Waals surface area contributed by atoms with Crippen LogP contribution in [-0.2, 0) is 20.7 Å². The number of nitrogens with zero attached hydrogens (tertiary/aromatic N) is 1. The highest BCUT2D eigenvalue weighted by Crippen LogP contribution is 2.34. The minimum atomic E-state index is -0.859. The van der Waals surface area contributed by atoms with E-state index in [-0.39, 0.29) is 12.5 Å². The first-order valence-corrected chi connectivity index (χ1v) is 10.4. The zero-order valence-corrected chi connectivity index (χ0v) is 18.2. The fraction of sp³-hybridized carbons (Fsp3) is 0.320. The average Bonchev–Trinajstić information content (AvgIpc) is 2.80. The molecule has 6 nitrogen and oxygen atoms in total. The van der Waals surface area contributed by atoms with Crippen molar-refractivity contribution < 1.29 is 19.1 Å². The Morgan fingerprint density at radius 3 is 2.52 bits per heavy atom. The molecule has 0 fully saturated rings. The van der Waals surface area contributed by atoms with Crippen LogP contribution in [0.5, 0.6) is 5.75 Å². The zero-order valence-electron chi connectivity index (χ0n) is 18.2. The van der Waals surface area contributed by atoms with E-state index < -0.39 is 11.4 Å². The highest BCUT2D eigenvalue weighted by molar-refractivity contribution is 6.04. The number of carbonyl (C=O) groups excluding carboxylic acids is 2. The predicted molar refractivity (Wildman–Crippen MR) is 121 cm³/mol. The molecule has 6 heteroatoms. The van der Waals surface area contributed by atoms with Gasteiger partial charge in [-0.2, -0.15) is 0 Å². The van der Waals surface area contributed by atoms with Crippen LogP contribution >= 0.6 is 0 Å². The van der Waals surface area contributed by atoms with Gasteiger partial charge in [-0.25, -0.2) is 0 Å². The SMILES string of the molecule is CCC(CCc1ccccc1)(COC(C)=O)C(=O)Nc1ccc(OC)c2cccnc12. The number of rotatable bonds is 9. The quantitative estimate of drug-likeness (QED) is 0.504. The van der Waals surface area contributed by atoms with Crippen molar-refractivity contribution in [3.05, 3.63) is 66.4 Å². The molecule has 3 aromatic rings. The number of aromatic nitrogens is 1. The van der Waals surface area contributed by atoms with Crippen LogP contribution in [-0.4, -0.2) is 30.6 Å². The number of carbonyl (C=O) groups is 2. The van der Waals surface area contributed by atoms with Crippen molar-refractivity contribution in [2.24, 2.45) is 5.41 Å². The monoisotopic (exact) mass is 420 g/mol. The highest BCUT2D eigenvalue weighted by Gasteiger charge is 2.38. The summed E-state index contributed by atoms with van der Waals surface area (Å²) in [5, 5.41) is 3.85. The van der Waals surface area contributed by atoms with E-state index in [1.807, 2.05) is 55.5 Å². The minimum Gasteiger partial charge on any atom is -0.496 e. The Morgan fingerprint density at radius 1 is 1.06 bits per heavy atom. The second-order valence-corrected chi connectivity index (χ2v) is 7.57. The minimum absolute atomic E-state index is 0.0268. The summed E-state index contributed by atoms with van der Waals surface area (Å²) in [5.41, 5.74) is 1.52. The molecule has 1 N–H and O–H groups in total. The Morgan fingerprint density at radius 2 is 1.84 bits per heavy atom. The summed E-state index contributed by atoms with van der Waals surface area (Å²) in [4.78, 5) is 29.5. The molecule has 2 aromatic carbocycles. The molecule has 1 amide bonds. The van der Waals surface area contributed by atoms with Gasteiger partial charge in [-0.15, -0.1) is 0 Å². The van der Waals surface area contributed by atoms with Gasteiger partial charge in [-0.1, -0.05) is 37.3 Å². The molecule has 0 aliphatic heterocycles. The van der Waals surface area contributed by atoms with Gasteiger partial charge in [0, 0.05) is 18.5 Å². The molecule has 0 spiro atoms. The second kappa shape index (κ2) is 10.1. The predicted octanol–water partition coefficient (Wildman–Crippen LogP) is 4.77. The molecule has 1 aromatic heterocycles. The largest absolute Gasteiger partial charge is 0.496 e. The molecular formula is C25H28N2O4. The third-order valence-corrected chi connectivity index (χ3v) is 5.64. The fourth-order valence-electron chi connectivity index (χ4n) is 3.64. The van der Waals surface area contributed by atoms with E-state index in [1.54, 1.807) is 19.4 Å². The van der Waals surface area contributed by atoms with Crippen LogP contribution in [0, 0.1) is 5.41 Å². The lowest BCUT2D eigenvalue weighted by Gasteiger charge is -2.31. The lowest BCUT2D eigenvalue weighted by Crippen LogP contribution is -2.41. The Bertz CT molecular complexity index is 1050. The van der Waals surface area contributed by atoms with Gasteiger partial charge in [0.2, 0.25) is 5.91 Å². The smallest absolute Gasteiger partial charge is 0.302 e. The van der Waals surface area contributed by atoms with Crippen molar-refractivity contribution >= 4 is 28.5 Å². The summed E-state index contributed by atoms with van der Waals surface area (Å²) in [6.45, 7) is 3.33. The number of amides is 1. The molecule has 3 rings (SSSR count). The van der Waals surface area contributed by atoms with Crippen LogP contribution in [0.3, 0.4) is 0 Å². The second-order valence-electron chi connectivity index (χ2n) is 7.57. The van der Waals surface area contributed by atoms with E-state index in [2.05, 4.69) is 10.3 Å². The van der Waals surface area contributed by atoms with Crippen molar-refractivity contribution in [2.45, 2.75) is 33.1 Å². The van der Waals surface area contributed by atoms with E-state index in [4.69, 9.17) is 9.47 Å². The molecule has 1 unspecified atom stereocenters. The van der Waals surface area contributed by atoms with Gasteiger partial charge in [-0.3, -0.25) is 14.6 Å². The summed E-state index contributed by atoms with van der Waals surface area (Å²) >= 11 is 0. The van der Waals surface area contributed by atoms with Gasteiger partial charge in [-0.05, 0) is 49.1 Å².